The van der Waals surface area contributed by atoms with Crippen LogP contribution < -0.4 is 10.5 Å². The Balaban J connectivity index is 2.11. The van der Waals surface area contributed by atoms with Crippen molar-refractivity contribution < 1.29 is 13.9 Å². The number of nitrogens with one attached hydrogen (secondary N) is 1. The molecule has 0 radical (unpaired) electrons. The van der Waals surface area contributed by atoms with E-state index < -0.39 is 5.82 Å². The Labute approximate surface area is 122 Å². The van der Waals surface area contributed by atoms with Gasteiger partial charge in [0.1, 0.15) is 24.0 Å². The number of halogens is 1. The summed E-state index contributed by atoms with van der Waals surface area (Å²) >= 11 is 0. The van der Waals surface area contributed by atoms with Gasteiger partial charge in [-0.3, -0.25) is 5.41 Å². The van der Waals surface area contributed by atoms with Crippen molar-refractivity contribution in [2.24, 2.45) is 5.73 Å². The zero-order valence-electron chi connectivity index (χ0n) is 11.7. The first kappa shape index (κ1) is 15.0. The smallest absolute Gasteiger partial charge is 0.140 e. The van der Waals surface area contributed by atoms with Crippen LogP contribution in [0.3, 0.4) is 0 Å². The van der Waals surface area contributed by atoms with Crippen molar-refractivity contribution in [2.45, 2.75) is 13.2 Å². The number of nitrogen functional groups attached to an aromatic ring is 1. The van der Waals surface area contributed by atoms with Crippen LogP contribution in [0.15, 0.2) is 42.5 Å². The van der Waals surface area contributed by atoms with Crippen LogP contribution in [-0.4, -0.2) is 12.9 Å². The summed E-state index contributed by atoms with van der Waals surface area (Å²) in [6.07, 6.45) is 0. The molecule has 5 heteroatoms. The molecule has 3 N–H and O–H groups in total. The zero-order valence-corrected chi connectivity index (χ0v) is 11.7. The minimum Gasteiger partial charge on any atom is -0.489 e. The summed E-state index contributed by atoms with van der Waals surface area (Å²) in [5.41, 5.74) is 6.76. The lowest BCUT2D eigenvalue weighted by Gasteiger charge is -2.10. The molecule has 0 aliphatic heterocycles. The van der Waals surface area contributed by atoms with Gasteiger partial charge in [0.2, 0.25) is 0 Å². The first-order valence-electron chi connectivity index (χ1n) is 6.44. The highest BCUT2D eigenvalue weighted by atomic mass is 19.1. The first-order valence-corrected chi connectivity index (χ1v) is 6.44. The quantitative estimate of drug-likeness (QED) is 0.634. The first-order chi connectivity index (χ1) is 10.1. The van der Waals surface area contributed by atoms with E-state index in [1.54, 1.807) is 25.3 Å². The third kappa shape index (κ3) is 3.79. The van der Waals surface area contributed by atoms with E-state index in [0.717, 1.165) is 5.56 Å². The number of hydrogen-bond donors (Lipinski definition) is 2. The van der Waals surface area contributed by atoms with Gasteiger partial charge in [-0.05, 0) is 23.8 Å². The second-order valence-corrected chi connectivity index (χ2v) is 4.56. The fourth-order valence-electron chi connectivity index (χ4n) is 1.95. The lowest BCUT2D eigenvalue weighted by atomic mass is 10.1. The molecule has 110 valence electrons. The number of benzene rings is 2. The molecular formula is C16H17FN2O2. The van der Waals surface area contributed by atoms with Crippen LogP contribution in [0, 0.1) is 11.2 Å². The van der Waals surface area contributed by atoms with Gasteiger partial charge in [0.25, 0.3) is 0 Å². The summed E-state index contributed by atoms with van der Waals surface area (Å²) in [5.74, 6) is -0.174. The second-order valence-electron chi connectivity index (χ2n) is 4.56. The largest absolute Gasteiger partial charge is 0.489 e. The second kappa shape index (κ2) is 6.85. The minimum absolute atomic E-state index is 0.0728. The van der Waals surface area contributed by atoms with E-state index in [1.165, 1.54) is 6.07 Å². The highest BCUT2D eigenvalue weighted by molar-refractivity contribution is 5.95. The standard InChI is InChI=1S/C16H17FN2O2/c1-20-9-11-4-2-6-13(8-11)21-10-12-5-3-7-14(15(12)17)16(18)19/h2-8H,9-10H2,1H3,(H3,18,19). The van der Waals surface area contributed by atoms with E-state index in [-0.39, 0.29) is 18.0 Å². The van der Waals surface area contributed by atoms with Gasteiger partial charge in [-0.1, -0.05) is 24.3 Å². The van der Waals surface area contributed by atoms with Crippen molar-refractivity contribution in [3.63, 3.8) is 0 Å². The van der Waals surface area contributed by atoms with Crippen molar-refractivity contribution in [3.05, 3.63) is 65.0 Å². The summed E-state index contributed by atoms with van der Waals surface area (Å²) < 4.78 is 24.7. The number of rotatable bonds is 6. The molecule has 2 aromatic carbocycles. The Bertz CT molecular complexity index is 644. The van der Waals surface area contributed by atoms with E-state index >= 15 is 0 Å². The van der Waals surface area contributed by atoms with E-state index in [1.807, 2.05) is 18.2 Å². The van der Waals surface area contributed by atoms with Crippen LogP contribution in [0.2, 0.25) is 0 Å². The topological polar surface area (TPSA) is 68.3 Å². The molecule has 0 aliphatic rings. The normalized spacial score (nSPS) is 10.4. The number of amidine groups is 1. The molecule has 0 saturated carbocycles. The average Bonchev–Trinajstić information content (AvgIpc) is 2.46. The van der Waals surface area contributed by atoms with Crippen molar-refractivity contribution in [1.29, 1.82) is 5.41 Å². The highest BCUT2D eigenvalue weighted by Gasteiger charge is 2.10. The Hall–Kier alpha value is -2.40. The fourth-order valence-corrected chi connectivity index (χ4v) is 1.95. The van der Waals surface area contributed by atoms with Crippen LogP contribution in [-0.2, 0) is 18.0 Å². The van der Waals surface area contributed by atoms with Gasteiger partial charge < -0.3 is 15.2 Å². The molecule has 0 aromatic heterocycles. The molecule has 2 aromatic rings. The van der Waals surface area contributed by atoms with Crippen molar-refractivity contribution in [2.75, 3.05) is 7.11 Å². The predicted molar refractivity (Wildman–Crippen MR) is 78.9 cm³/mol. The van der Waals surface area contributed by atoms with E-state index in [9.17, 15) is 4.39 Å². The maximum atomic E-state index is 14.1. The third-order valence-corrected chi connectivity index (χ3v) is 2.97. The maximum absolute atomic E-state index is 14.1. The van der Waals surface area contributed by atoms with Gasteiger partial charge in [0.15, 0.2) is 0 Å². The molecule has 0 spiro atoms. The molecular weight excluding hydrogens is 271 g/mol. The summed E-state index contributed by atoms with van der Waals surface area (Å²) in [6, 6.07) is 12.2. The number of nitrogens with two attached hydrogens (primary N) is 1. The van der Waals surface area contributed by atoms with Crippen molar-refractivity contribution >= 4 is 5.84 Å². The molecule has 4 nitrogen and oxygen atoms in total. The van der Waals surface area contributed by atoms with Crippen molar-refractivity contribution in [1.82, 2.24) is 0 Å². The van der Waals surface area contributed by atoms with Gasteiger partial charge in [-0.2, -0.15) is 0 Å². The molecule has 0 bridgehead atoms. The lowest BCUT2D eigenvalue weighted by molar-refractivity contribution is 0.184. The van der Waals surface area contributed by atoms with Gasteiger partial charge in [-0.25, -0.2) is 4.39 Å². The van der Waals surface area contributed by atoms with Crippen molar-refractivity contribution in [3.8, 4) is 5.75 Å². The molecule has 0 fully saturated rings. The van der Waals surface area contributed by atoms with E-state index in [4.69, 9.17) is 20.6 Å². The predicted octanol–water partition coefficient (Wildman–Crippen LogP) is 2.84. The lowest BCUT2D eigenvalue weighted by Crippen LogP contribution is -2.14. The van der Waals surface area contributed by atoms with Gasteiger partial charge in [0, 0.05) is 12.7 Å². The Morgan fingerprint density at radius 1 is 1.19 bits per heavy atom. The maximum Gasteiger partial charge on any atom is 0.140 e. The molecule has 0 aliphatic carbocycles. The van der Waals surface area contributed by atoms with Gasteiger partial charge >= 0.3 is 0 Å². The summed E-state index contributed by atoms with van der Waals surface area (Å²) in [4.78, 5) is 0. The molecule has 0 amide bonds. The molecule has 0 heterocycles. The third-order valence-electron chi connectivity index (χ3n) is 2.97. The summed E-state index contributed by atoms with van der Waals surface area (Å²) in [7, 11) is 1.62. The number of hydrogen-bond acceptors (Lipinski definition) is 3. The summed E-state index contributed by atoms with van der Waals surface area (Å²) in [5, 5.41) is 7.33. The monoisotopic (exact) mass is 288 g/mol. The van der Waals surface area contributed by atoms with Gasteiger partial charge in [-0.15, -0.1) is 0 Å². The fraction of sp³-hybridized carbons (Fsp3) is 0.188. The molecule has 0 saturated heterocycles. The average molecular weight is 288 g/mol. The minimum atomic E-state index is -0.516. The van der Waals surface area contributed by atoms with Crippen LogP contribution >= 0.6 is 0 Å². The zero-order chi connectivity index (χ0) is 15.2. The number of ether oxygens (including phenoxy) is 2. The van der Waals surface area contributed by atoms with E-state index in [2.05, 4.69) is 0 Å². The van der Waals surface area contributed by atoms with Crippen LogP contribution in [0.4, 0.5) is 4.39 Å². The van der Waals surface area contributed by atoms with Crippen LogP contribution in [0.5, 0.6) is 5.75 Å². The SMILES string of the molecule is COCc1cccc(OCc2cccc(C(=N)N)c2F)c1. The molecule has 2 rings (SSSR count). The Morgan fingerprint density at radius 3 is 2.67 bits per heavy atom. The Morgan fingerprint density at radius 2 is 1.95 bits per heavy atom. The Kier molecular flexibility index (Phi) is 4.90. The van der Waals surface area contributed by atoms with E-state index in [0.29, 0.717) is 17.9 Å². The number of methoxy groups -OCH3 is 1. The molecule has 0 atom stereocenters. The molecule has 21 heavy (non-hydrogen) atoms. The highest BCUT2D eigenvalue weighted by Crippen LogP contribution is 2.18. The van der Waals surface area contributed by atoms with Gasteiger partial charge in [0.05, 0.1) is 12.2 Å². The van der Waals surface area contributed by atoms with Crippen LogP contribution in [0.25, 0.3) is 0 Å². The van der Waals surface area contributed by atoms with Crippen LogP contribution in [0.1, 0.15) is 16.7 Å². The summed E-state index contributed by atoms with van der Waals surface area (Å²) in [6.45, 7) is 0.564. The molecule has 0 unspecified atom stereocenters.